The van der Waals surface area contributed by atoms with Crippen molar-refractivity contribution < 1.29 is 9.53 Å². The van der Waals surface area contributed by atoms with Crippen LogP contribution in [0.1, 0.15) is 0 Å². The maximum Gasteiger partial charge on any atom is 0.236 e. The zero-order chi connectivity index (χ0) is 16.4. The average molecular weight is 347 g/mol. The number of anilines is 1. The number of carbonyl (C=O) groups is 1. The number of aromatic nitrogens is 2. The molecule has 2 aromatic heterocycles. The number of amides is 1. The molecule has 0 saturated carbocycles. The van der Waals surface area contributed by atoms with Crippen LogP contribution in [-0.2, 0) is 9.53 Å². The number of fused-ring (bicyclic) bond motifs is 1. The molecule has 0 spiro atoms. The monoisotopic (exact) mass is 347 g/mol. The van der Waals surface area contributed by atoms with Crippen molar-refractivity contribution >= 4 is 33.3 Å². The Labute approximate surface area is 144 Å². The summed E-state index contributed by atoms with van der Waals surface area (Å²) in [6.07, 6.45) is 1.64. The van der Waals surface area contributed by atoms with Crippen LogP contribution in [0.2, 0.25) is 0 Å². The van der Waals surface area contributed by atoms with Gasteiger partial charge in [0.1, 0.15) is 17.0 Å². The Morgan fingerprint density at radius 3 is 2.71 bits per heavy atom. The van der Waals surface area contributed by atoms with Crippen molar-refractivity contribution in [1.29, 1.82) is 0 Å². The summed E-state index contributed by atoms with van der Waals surface area (Å²) in [7, 11) is 0. The number of hydrogen-bond donors (Lipinski definition) is 0. The molecule has 2 saturated heterocycles. The van der Waals surface area contributed by atoms with Gasteiger partial charge in [0.15, 0.2) is 0 Å². The SMILES string of the molecule is O=C(CN1CCN(c2ncnc3sccc23)CC1)N1CCOCC1. The fraction of sp³-hybridized carbons (Fsp3) is 0.562. The van der Waals surface area contributed by atoms with Gasteiger partial charge in [-0.05, 0) is 11.4 Å². The Kier molecular flexibility index (Phi) is 4.59. The third-order valence-electron chi connectivity index (χ3n) is 4.64. The Bertz CT molecular complexity index is 707. The smallest absolute Gasteiger partial charge is 0.236 e. The molecule has 4 heterocycles. The second-order valence-corrected chi connectivity index (χ2v) is 6.99. The lowest BCUT2D eigenvalue weighted by Crippen LogP contribution is -2.51. The molecule has 0 N–H and O–H groups in total. The number of morpholine rings is 1. The highest BCUT2D eigenvalue weighted by molar-refractivity contribution is 7.16. The largest absolute Gasteiger partial charge is 0.378 e. The standard InChI is InChI=1S/C16H21N5O2S/c22-14(20-6-8-23-9-7-20)11-19-2-4-21(5-3-19)15-13-1-10-24-16(13)18-12-17-15/h1,10,12H,2-9,11H2. The molecule has 0 aromatic carbocycles. The normalized spacial score (nSPS) is 19.8. The first-order valence-corrected chi connectivity index (χ1v) is 9.20. The first kappa shape index (κ1) is 15.7. The molecule has 0 radical (unpaired) electrons. The minimum Gasteiger partial charge on any atom is -0.378 e. The van der Waals surface area contributed by atoms with Crippen molar-refractivity contribution in [1.82, 2.24) is 19.8 Å². The van der Waals surface area contributed by atoms with Crippen molar-refractivity contribution in [3.63, 3.8) is 0 Å². The summed E-state index contributed by atoms with van der Waals surface area (Å²) in [5, 5.41) is 3.18. The molecule has 7 nitrogen and oxygen atoms in total. The third-order valence-corrected chi connectivity index (χ3v) is 5.46. The minimum absolute atomic E-state index is 0.217. The Morgan fingerprint density at radius 1 is 1.12 bits per heavy atom. The van der Waals surface area contributed by atoms with Gasteiger partial charge in [-0.25, -0.2) is 9.97 Å². The molecule has 0 aliphatic carbocycles. The molecule has 2 fully saturated rings. The van der Waals surface area contributed by atoms with Crippen LogP contribution in [0.25, 0.3) is 10.2 Å². The number of nitrogens with zero attached hydrogens (tertiary/aromatic N) is 5. The second-order valence-electron chi connectivity index (χ2n) is 6.09. The molecule has 1 amide bonds. The van der Waals surface area contributed by atoms with E-state index < -0.39 is 0 Å². The molecule has 0 unspecified atom stereocenters. The van der Waals surface area contributed by atoms with Gasteiger partial charge in [-0.3, -0.25) is 9.69 Å². The summed E-state index contributed by atoms with van der Waals surface area (Å²) in [5.41, 5.74) is 0. The van der Waals surface area contributed by atoms with Crippen LogP contribution in [0.4, 0.5) is 5.82 Å². The molecule has 0 bridgehead atoms. The number of hydrogen-bond acceptors (Lipinski definition) is 7. The van der Waals surface area contributed by atoms with Crippen LogP contribution in [-0.4, -0.2) is 84.7 Å². The van der Waals surface area contributed by atoms with Crippen LogP contribution in [0.5, 0.6) is 0 Å². The lowest BCUT2D eigenvalue weighted by Gasteiger charge is -2.36. The van der Waals surface area contributed by atoms with Crippen molar-refractivity contribution in [3.05, 3.63) is 17.8 Å². The van der Waals surface area contributed by atoms with Gasteiger partial charge in [-0.1, -0.05) is 0 Å². The number of rotatable bonds is 3. The lowest BCUT2D eigenvalue weighted by molar-refractivity contribution is -0.136. The molecule has 2 aliphatic rings. The summed E-state index contributed by atoms with van der Waals surface area (Å²) in [4.78, 5) is 28.6. The summed E-state index contributed by atoms with van der Waals surface area (Å²) in [5.74, 6) is 1.23. The molecule has 0 atom stereocenters. The van der Waals surface area contributed by atoms with E-state index in [1.165, 1.54) is 0 Å². The van der Waals surface area contributed by atoms with Crippen LogP contribution in [0.15, 0.2) is 17.8 Å². The fourth-order valence-electron chi connectivity index (χ4n) is 3.25. The topological polar surface area (TPSA) is 61.8 Å². The number of ether oxygens (including phenoxy) is 1. The molecular formula is C16H21N5O2S. The van der Waals surface area contributed by atoms with Crippen molar-refractivity contribution in [2.45, 2.75) is 0 Å². The van der Waals surface area contributed by atoms with Gasteiger partial charge in [0, 0.05) is 39.3 Å². The molecule has 8 heteroatoms. The van der Waals surface area contributed by atoms with Crippen LogP contribution >= 0.6 is 11.3 Å². The second kappa shape index (κ2) is 7.00. The zero-order valence-corrected chi connectivity index (χ0v) is 14.4. The summed E-state index contributed by atoms with van der Waals surface area (Å²) >= 11 is 1.64. The van der Waals surface area contributed by atoms with Gasteiger partial charge in [0.05, 0.1) is 25.1 Å². The summed E-state index contributed by atoms with van der Waals surface area (Å²) in [6.45, 7) is 6.79. The fourth-order valence-corrected chi connectivity index (χ4v) is 3.98. The predicted molar refractivity (Wildman–Crippen MR) is 93.5 cm³/mol. The van der Waals surface area contributed by atoms with Gasteiger partial charge >= 0.3 is 0 Å². The van der Waals surface area contributed by atoms with Gasteiger partial charge in [0.25, 0.3) is 0 Å². The van der Waals surface area contributed by atoms with Gasteiger partial charge < -0.3 is 14.5 Å². The van der Waals surface area contributed by atoms with Crippen LogP contribution in [0, 0.1) is 0 Å². The molecule has 24 heavy (non-hydrogen) atoms. The summed E-state index contributed by atoms with van der Waals surface area (Å²) < 4.78 is 5.31. The Balaban J connectivity index is 1.35. The van der Waals surface area contributed by atoms with E-state index in [0.717, 1.165) is 55.3 Å². The maximum absolute atomic E-state index is 12.4. The van der Waals surface area contributed by atoms with E-state index in [-0.39, 0.29) is 5.91 Å². The van der Waals surface area contributed by atoms with Crippen molar-refractivity contribution in [2.75, 3.05) is 63.9 Å². The van der Waals surface area contributed by atoms with Gasteiger partial charge in [-0.15, -0.1) is 11.3 Å². The predicted octanol–water partition coefficient (Wildman–Crippen LogP) is 0.672. The number of piperazine rings is 1. The molecule has 2 aromatic rings. The maximum atomic E-state index is 12.4. The van der Waals surface area contributed by atoms with E-state index in [1.54, 1.807) is 17.7 Å². The van der Waals surface area contributed by atoms with Gasteiger partial charge in [-0.2, -0.15) is 0 Å². The van der Waals surface area contributed by atoms with E-state index >= 15 is 0 Å². The molecular weight excluding hydrogens is 326 g/mol. The van der Waals surface area contributed by atoms with E-state index in [4.69, 9.17) is 4.74 Å². The summed E-state index contributed by atoms with van der Waals surface area (Å²) in [6, 6.07) is 2.09. The zero-order valence-electron chi connectivity index (χ0n) is 13.6. The van der Waals surface area contributed by atoms with Gasteiger partial charge in [0.2, 0.25) is 5.91 Å². The number of carbonyl (C=O) groups excluding carboxylic acids is 1. The number of thiophene rings is 1. The van der Waals surface area contributed by atoms with E-state index in [9.17, 15) is 4.79 Å². The molecule has 128 valence electrons. The van der Waals surface area contributed by atoms with Crippen molar-refractivity contribution in [3.8, 4) is 0 Å². The van der Waals surface area contributed by atoms with E-state index in [0.29, 0.717) is 19.8 Å². The molecule has 4 rings (SSSR count). The van der Waals surface area contributed by atoms with Crippen LogP contribution < -0.4 is 4.90 Å². The van der Waals surface area contributed by atoms with E-state index in [1.807, 2.05) is 4.90 Å². The highest BCUT2D eigenvalue weighted by atomic mass is 32.1. The highest BCUT2D eigenvalue weighted by Gasteiger charge is 2.24. The van der Waals surface area contributed by atoms with E-state index in [2.05, 4.69) is 31.2 Å². The quantitative estimate of drug-likeness (QED) is 0.813. The lowest BCUT2D eigenvalue weighted by atomic mass is 10.2. The van der Waals surface area contributed by atoms with Crippen LogP contribution in [0.3, 0.4) is 0 Å². The Morgan fingerprint density at radius 2 is 1.92 bits per heavy atom. The first-order chi connectivity index (χ1) is 11.8. The minimum atomic E-state index is 0.217. The third kappa shape index (κ3) is 3.22. The Hall–Kier alpha value is -1.77. The first-order valence-electron chi connectivity index (χ1n) is 8.32. The molecule has 2 aliphatic heterocycles. The highest BCUT2D eigenvalue weighted by Crippen LogP contribution is 2.27. The average Bonchev–Trinajstić information content (AvgIpc) is 3.12. The van der Waals surface area contributed by atoms with Crippen molar-refractivity contribution in [2.24, 2.45) is 0 Å².